The van der Waals surface area contributed by atoms with Gasteiger partial charge in [-0.05, 0) is 83.0 Å². The van der Waals surface area contributed by atoms with Gasteiger partial charge >= 0.3 is 0 Å². The average Bonchev–Trinajstić information content (AvgIpc) is 2.48. The Bertz CT molecular complexity index is 576. The summed E-state index contributed by atoms with van der Waals surface area (Å²) in [5.74, 6) is 0.620. The van der Waals surface area contributed by atoms with E-state index in [1.807, 2.05) is 0 Å². The highest BCUT2D eigenvalue weighted by Gasteiger charge is 2.22. The Hall–Kier alpha value is -0.870. The van der Waals surface area contributed by atoms with Crippen molar-refractivity contribution < 1.29 is 0 Å². The Balaban J connectivity index is 1.77. The maximum atomic E-state index is 6.43. The Morgan fingerprint density at radius 3 is 2.65 bits per heavy atom. The molecule has 1 nitrogen and oxygen atoms in total. The molecule has 0 aliphatic heterocycles. The lowest BCUT2D eigenvalue weighted by atomic mass is 9.79. The van der Waals surface area contributed by atoms with Crippen LogP contribution in [0.15, 0.2) is 48.5 Å². The number of aryl methyl sites for hydroxylation is 1. The Morgan fingerprint density at radius 1 is 1.10 bits per heavy atom. The second-order valence-electron chi connectivity index (χ2n) is 5.68. The van der Waals surface area contributed by atoms with E-state index < -0.39 is 0 Å². The van der Waals surface area contributed by atoms with Crippen LogP contribution in [0.25, 0.3) is 0 Å². The quantitative estimate of drug-likeness (QED) is 0.764. The fourth-order valence-corrected chi connectivity index (χ4v) is 3.61. The smallest absolute Gasteiger partial charge is 0.0300 e. The fourth-order valence-electron chi connectivity index (χ4n) is 3.25. The van der Waals surface area contributed by atoms with Crippen LogP contribution < -0.4 is 5.73 Å². The lowest BCUT2D eigenvalue weighted by molar-refractivity contribution is 0.476. The summed E-state index contributed by atoms with van der Waals surface area (Å²) in [6.45, 7) is 0. The first-order valence-corrected chi connectivity index (χ1v) is 8.41. The number of rotatable bonds is 3. The van der Waals surface area contributed by atoms with Gasteiger partial charge in [-0.3, -0.25) is 0 Å². The van der Waals surface area contributed by atoms with Gasteiger partial charge in [0.1, 0.15) is 0 Å². The number of benzene rings is 2. The number of nitrogens with two attached hydrogens (primary N) is 1. The lowest BCUT2D eigenvalue weighted by Crippen LogP contribution is -2.18. The van der Waals surface area contributed by atoms with Crippen molar-refractivity contribution in [2.45, 2.75) is 37.6 Å². The molecule has 0 heterocycles. The molecule has 20 heavy (non-hydrogen) atoms. The summed E-state index contributed by atoms with van der Waals surface area (Å²) in [5.41, 5.74) is 10.7. The van der Waals surface area contributed by atoms with Crippen molar-refractivity contribution in [2.75, 3.05) is 0 Å². The zero-order valence-corrected chi connectivity index (χ0v) is 13.7. The van der Waals surface area contributed by atoms with E-state index in [0.717, 1.165) is 6.42 Å². The molecule has 1 aliphatic carbocycles. The lowest BCUT2D eigenvalue weighted by Gasteiger charge is -2.27. The van der Waals surface area contributed by atoms with Crippen LogP contribution in [0.5, 0.6) is 0 Å². The minimum absolute atomic E-state index is 0.142. The minimum Gasteiger partial charge on any atom is -0.324 e. The van der Waals surface area contributed by atoms with Gasteiger partial charge in [0.15, 0.2) is 0 Å². The highest BCUT2D eigenvalue weighted by molar-refractivity contribution is 14.1. The van der Waals surface area contributed by atoms with Crippen molar-refractivity contribution in [3.8, 4) is 0 Å². The molecule has 2 unspecified atom stereocenters. The molecule has 0 amide bonds. The summed E-state index contributed by atoms with van der Waals surface area (Å²) >= 11 is 2.33. The van der Waals surface area contributed by atoms with Crippen LogP contribution >= 0.6 is 22.6 Å². The minimum atomic E-state index is 0.142. The molecule has 1 aliphatic rings. The normalized spacial score (nSPS) is 19.4. The van der Waals surface area contributed by atoms with Gasteiger partial charge in [0, 0.05) is 9.61 Å². The highest BCUT2D eigenvalue weighted by Crippen LogP contribution is 2.36. The van der Waals surface area contributed by atoms with Crippen LogP contribution in [-0.2, 0) is 6.42 Å². The van der Waals surface area contributed by atoms with Gasteiger partial charge in [-0.2, -0.15) is 0 Å². The molecule has 0 bridgehead atoms. The first-order chi connectivity index (χ1) is 9.74. The molecule has 0 saturated carbocycles. The molecule has 2 N–H and O–H groups in total. The molecule has 104 valence electrons. The van der Waals surface area contributed by atoms with E-state index in [9.17, 15) is 0 Å². The number of fused-ring (bicyclic) bond motifs is 1. The molecular weight excluding hydrogens is 357 g/mol. The van der Waals surface area contributed by atoms with Crippen molar-refractivity contribution in [1.29, 1.82) is 0 Å². The number of hydrogen-bond donors (Lipinski definition) is 1. The first kappa shape index (κ1) is 14.1. The van der Waals surface area contributed by atoms with Gasteiger partial charge in [0.25, 0.3) is 0 Å². The third kappa shape index (κ3) is 3.07. The van der Waals surface area contributed by atoms with Crippen LogP contribution in [0.4, 0.5) is 0 Å². The average molecular weight is 377 g/mol. The van der Waals surface area contributed by atoms with Crippen LogP contribution in [-0.4, -0.2) is 0 Å². The number of halogens is 1. The van der Waals surface area contributed by atoms with Crippen LogP contribution in [0.1, 0.15) is 47.9 Å². The van der Waals surface area contributed by atoms with Crippen LogP contribution in [0, 0.1) is 3.57 Å². The molecule has 0 radical (unpaired) electrons. The predicted molar refractivity (Wildman–Crippen MR) is 92.8 cm³/mol. The molecule has 0 aromatic heterocycles. The van der Waals surface area contributed by atoms with E-state index >= 15 is 0 Å². The molecule has 2 heteroatoms. The fraction of sp³-hybridized carbons (Fsp3) is 0.333. The summed E-state index contributed by atoms with van der Waals surface area (Å²) in [7, 11) is 0. The van der Waals surface area contributed by atoms with E-state index in [1.165, 1.54) is 39.5 Å². The second-order valence-corrected chi connectivity index (χ2v) is 6.93. The standard InChI is InChI=1S/C18H20IN/c19-16-10-8-14(9-11-16)18(20)12-15-6-3-5-13-4-1-2-7-17(13)15/h1-2,4,7-11,15,18H,3,5-6,12,20H2. The van der Waals surface area contributed by atoms with E-state index in [-0.39, 0.29) is 6.04 Å². The summed E-state index contributed by atoms with van der Waals surface area (Å²) in [6.07, 6.45) is 4.85. The summed E-state index contributed by atoms with van der Waals surface area (Å²) in [4.78, 5) is 0. The van der Waals surface area contributed by atoms with Gasteiger partial charge in [0.05, 0.1) is 0 Å². The Morgan fingerprint density at radius 2 is 1.85 bits per heavy atom. The van der Waals surface area contributed by atoms with Gasteiger partial charge in [-0.1, -0.05) is 36.4 Å². The van der Waals surface area contributed by atoms with Crippen molar-refractivity contribution >= 4 is 22.6 Å². The van der Waals surface area contributed by atoms with Gasteiger partial charge < -0.3 is 5.73 Å². The van der Waals surface area contributed by atoms with Crippen LogP contribution in [0.2, 0.25) is 0 Å². The third-order valence-corrected chi connectivity index (χ3v) is 5.05. The van der Waals surface area contributed by atoms with Gasteiger partial charge in [0.2, 0.25) is 0 Å². The first-order valence-electron chi connectivity index (χ1n) is 7.33. The van der Waals surface area contributed by atoms with Crippen molar-refractivity contribution in [3.63, 3.8) is 0 Å². The van der Waals surface area contributed by atoms with E-state index in [0.29, 0.717) is 5.92 Å². The maximum absolute atomic E-state index is 6.43. The molecule has 0 spiro atoms. The topological polar surface area (TPSA) is 26.0 Å². The molecule has 2 aromatic carbocycles. The van der Waals surface area contributed by atoms with Gasteiger partial charge in [-0.15, -0.1) is 0 Å². The van der Waals surface area contributed by atoms with E-state index in [1.54, 1.807) is 0 Å². The third-order valence-electron chi connectivity index (χ3n) is 4.33. The van der Waals surface area contributed by atoms with Crippen molar-refractivity contribution in [3.05, 3.63) is 68.8 Å². The zero-order valence-electron chi connectivity index (χ0n) is 11.6. The molecule has 2 atom stereocenters. The van der Waals surface area contributed by atoms with E-state index in [2.05, 4.69) is 71.1 Å². The van der Waals surface area contributed by atoms with Gasteiger partial charge in [-0.25, -0.2) is 0 Å². The molecule has 2 aromatic rings. The summed E-state index contributed by atoms with van der Waals surface area (Å²) < 4.78 is 1.27. The molecule has 0 saturated heterocycles. The Labute approximate surface area is 134 Å². The predicted octanol–water partition coefficient (Wildman–Crippen LogP) is 4.80. The second kappa shape index (κ2) is 6.27. The summed E-state index contributed by atoms with van der Waals surface area (Å²) in [5, 5.41) is 0. The Kier molecular flexibility index (Phi) is 4.41. The maximum Gasteiger partial charge on any atom is 0.0300 e. The van der Waals surface area contributed by atoms with Crippen molar-refractivity contribution in [1.82, 2.24) is 0 Å². The SMILES string of the molecule is NC(CC1CCCc2ccccc21)c1ccc(I)cc1. The number of hydrogen-bond acceptors (Lipinski definition) is 1. The summed E-state index contributed by atoms with van der Waals surface area (Å²) in [6, 6.07) is 17.6. The zero-order chi connectivity index (χ0) is 13.9. The molecule has 3 rings (SSSR count). The molecule has 0 fully saturated rings. The highest BCUT2D eigenvalue weighted by atomic mass is 127. The molecular formula is C18H20IN. The van der Waals surface area contributed by atoms with E-state index in [4.69, 9.17) is 5.73 Å². The largest absolute Gasteiger partial charge is 0.324 e. The monoisotopic (exact) mass is 377 g/mol. The van der Waals surface area contributed by atoms with Crippen LogP contribution in [0.3, 0.4) is 0 Å². The van der Waals surface area contributed by atoms with Crippen molar-refractivity contribution in [2.24, 2.45) is 5.73 Å².